The van der Waals surface area contributed by atoms with Gasteiger partial charge in [-0.2, -0.15) is 0 Å². The van der Waals surface area contributed by atoms with Crippen molar-refractivity contribution in [2.45, 2.75) is 31.6 Å². The van der Waals surface area contributed by atoms with Gasteiger partial charge in [0.25, 0.3) is 0 Å². The van der Waals surface area contributed by atoms with E-state index in [9.17, 15) is 9.90 Å². The molecule has 0 amide bonds. The lowest BCUT2D eigenvalue weighted by molar-refractivity contribution is -0.140. The molecule has 1 aliphatic rings. The Morgan fingerprint density at radius 1 is 1.33 bits per heavy atom. The summed E-state index contributed by atoms with van der Waals surface area (Å²) in [6.07, 6.45) is 2.10. The first-order valence-electron chi connectivity index (χ1n) is 6.08. The quantitative estimate of drug-likeness (QED) is 0.871. The van der Waals surface area contributed by atoms with Crippen LogP contribution in [0.25, 0.3) is 0 Å². The van der Waals surface area contributed by atoms with Crippen molar-refractivity contribution in [2.75, 3.05) is 14.2 Å². The predicted molar refractivity (Wildman–Crippen MR) is 67.5 cm³/mol. The number of ether oxygens (including phenoxy) is 2. The number of benzene rings is 1. The number of methoxy groups -OCH3 is 2. The van der Waals surface area contributed by atoms with Gasteiger partial charge in [0.05, 0.1) is 19.6 Å². The van der Waals surface area contributed by atoms with Crippen LogP contribution < -0.4 is 9.47 Å². The first kappa shape index (κ1) is 12.7. The Morgan fingerprint density at radius 2 is 2.00 bits per heavy atom. The number of carboxylic acids is 1. The molecule has 1 N–H and O–H groups in total. The second-order valence-corrected chi connectivity index (χ2v) is 4.57. The van der Waals surface area contributed by atoms with Crippen LogP contribution in [0.4, 0.5) is 0 Å². The number of carboxylic acid groups (broad SMARTS) is 1. The van der Waals surface area contributed by atoms with Gasteiger partial charge in [-0.15, -0.1) is 0 Å². The molecule has 1 aliphatic carbocycles. The Bertz CT molecular complexity index is 475. The third-order valence-corrected chi connectivity index (χ3v) is 3.67. The highest BCUT2D eigenvalue weighted by atomic mass is 16.5. The summed E-state index contributed by atoms with van der Waals surface area (Å²) in [7, 11) is 3.19. The van der Waals surface area contributed by atoms with Crippen molar-refractivity contribution < 1.29 is 19.4 Å². The van der Waals surface area contributed by atoms with E-state index in [1.807, 2.05) is 19.1 Å². The van der Waals surface area contributed by atoms with Crippen LogP contribution in [0, 0.1) is 0 Å². The maximum atomic E-state index is 11.4. The molecule has 0 spiro atoms. The molecule has 4 heteroatoms. The molecule has 98 valence electrons. The Morgan fingerprint density at radius 3 is 2.39 bits per heavy atom. The molecule has 0 atom stereocenters. The summed E-state index contributed by atoms with van der Waals surface area (Å²) < 4.78 is 10.7. The number of rotatable bonds is 5. The predicted octanol–water partition coefficient (Wildman–Crippen LogP) is 2.38. The maximum absolute atomic E-state index is 11.4. The number of aliphatic carboxylic acids is 1. The third-order valence-electron chi connectivity index (χ3n) is 3.67. The highest BCUT2D eigenvalue weighted by Gasteiger charge is 2.53. The SMILES string of the molecule is CCc1c(OC)ccc(C2(C(=O)O)CC2)c1OC. The standard InChI is InChI=1S/C14H18O4/c1-4-9-11(17-2)6-5-10(12(9)18-3)14(7-8-14)13(15)16/h5-6H,4,7-8H2,1-3H3,(H,15,16). The fourth-order valence-electron chi connectivity index (χ4n) is 2.47. The van der Waals surface area contributed by atoms with Crippen LogP contribution in [0.1, 0.15) is 30.9 Å². The van der Waals surface area contributed by atoms with E-state index in [0.29, 0.717) is 18.6 Å². The summed E-state index contributed by atoms with van der Waals surface area (Å²) in [4.78, 5) is 11.4. The molecule has 0 saturated heterocycles. The van der Waals surface area contributed by atoms with Crippen LogP contribution in [-0.2, 0) is 16.6 Å². The summed E-state index contributed by atoms with van der Waals surface area (Å²) >= 11 is 0. The minimum absolute atomic E-state index is 0.664. The highest BCUT2D eigenvalue weighted by molar-refractivity contribution is 5.86. The molecule has 1 aromatic carbocycles. The molecule has 18 heavy (non-hydrogen) atoms. The van der Waals surface area contributed by atoms with E-state index in [4.69, 9.17) is 9.47 Å². The van der Waals surface area contributed by atoms with Crippen molar-refractivity contribution in [1.29, 1.82) is 0 Å². The summed E-state index contributed by atoms with van der Waals surface area (Å²) in [5.41, 5.74) is 0.960. The number of carbonyl (C=O) groups is 1. The van der Waals surface area contributed by atoms with Crippen molar-refractivity contribution >= 4 is 5.97 Å². The van der Waals surface area contributed by atoms with Gasteiger partial charge in [-0.3, -0.25) is 4.79 Å². The molecule has 0 heterocycles. The van der Waals surface area contributed by atoms with Gasteiger partial charge in [0.1, 0.15) is 11.5 Å². The van der Waals surface area contributed by atoms with Crippen molar-refractivity contribution in [3.05, 3.63) is 23.3 Å². The topological polar surface area (TPSA) is 55.8 Å². The molecular formula is C14H18O4. The Hall–Kier alpha value is -1.71. The molecule has 1 aromatic rings. The second-order valence-electron chi connectivity index (χ2n) is 4.57. The van der Waals surface area contributed by atoms with Gasteiger partial charge in [0, 0.05) is 11.1 Å². The Labute approximate surface area is 107 Å². The minimum atomic E-state index is -0.770. The molecule has 4 nitrogen and oxygen atoms in total. The van der Waals surface area contributed by atoms with Crippen molar-refractivity contribution in [3.8, 4) is 11.5 Å². The first-order chi connectivity index (χ1) is 8.60. The second kappa shape index (κ2) is 4.52. The molecule has 0 aromatic heterocycles. The molecular weight excluding hydrogens is 232 g/mol. The van der Waals surface area contributed by atoms with E-state index in [1.54, 1.807) is 14.2 Å². The van der Waals surface area contributed by atoms with Gasteiger partial charge in [0.15, 0.2) is 0 Å². The average molecular weight is 250 g/mol. The van der Waals surface area contributed by atoms with Gasteiger partial charge in [-0.25, -0.2) is 0 Å². The van der Waals surface area contributed by atoms with Crippen LogP contribution in [0.15, 0.2) is 12.1 Å². The molecule has 0 bridgehead atoms. The molecule has 0 radical (unpaired) electrons. The normalized spacial score (nSPS) is 16.2. The van der Waals surface area contributed by atoms with Gasteiger partial charge in [-0.1, -0.05) is 13.0 Å². The monoisotopic (exact) mass is 250 g/mol. The van der Waals surface area contributed by atoms with Gasteiger partial charge >= 0.3 is 5.97 Å². The van der Waals surface area contributed by atoms with Crippen LogP contribution in [0.2, 0.25) is 0 Å². The lowest BCUT2D eigenvalue weighted by Gasteiger charge is -2.19. The fraction of sp³-hybridized carbons (Fsp3) is 0.500. The van der Waals surface area contributed by atoms with E-state index in [-0.39, 0.29) is 0 Å². The number of hydrogen-bond acceptors (Lipinski definition) is 3. The molecule has 0 aliphatic heterocycles. The van der Waals surface area contributed by atoms with E-state index >= 15 is 0 Å². The van der Waals surface area contributed by atoms with E-state index in [1.165, 1.54) is 0 Å². The maximum Gasteiger partial charge on any atom is 0.314 e. The Kier molecular flexibility index (Phi) is 3.20. The minimum Gasteiger partial charge on any atom is -0.496 e. The number of hydrogen-bond donors (Lipinski definition) is 1. The molecule has 1 fully saturated rings. The zero-order valence-electron chi connectivity index (χ0n) is 10.9. The summed E-state index contributed by atoms with van der Waals surface area (Å²) in [6, 6.07) is 3.65. The van der Waals surface area contributed by atoms with E-state index in [2.05, 4.69) is 0 Å². The van der Waals surface area contributed by atoms with Crippen molar-refractivity contribution in [2.24, 2.45) is 0 Å². The van der Waals surface area contributed by atoms with E-state index < -0.39 is 11.4 Å². The van der Waals surface area contributed by atoms with Gasteiger partial charge in [-0.05, 0) is 25.3 Å². The van der Waals surface area contributed by atoms with Crippen LogP contribution in [0.3, 0.4) is 0 Å². The zero-order chi connectivity index (χ0) is 13.3. The summed E-state index contributed by atoms with van der Waals surface area (Å²) in [5.74, 6) is 0.643. The van der Waals surface area contributed by atoms with Gasteiger partial charge < -0.3 is 14.6 Å². The van der Waals surface area contributed by atoms with Crippen molar-refractivity contribution in [3.63, 3.8) is 0 Å². The Balaban J connectivity index is 2.59. The zero-order valence-corrected chi connectivity index (χ0v) is 10.9. The van der Waals surface area contributed by atoms with E-state index in [0.717, 1.165) is 23.3 Å². The molecule has 2 rings (SSSR count). The largest absolute Gasteiger partial charge is 0.496 e. The van der Waals surface area contributed by atoms with Crippen LogP contribution in [-0.4, -0.2) is 25.3 Å². The van der Waals surface area contributed by atoms with Crippen LogP contribution >= 0.6 is 0 Å². The fourth-order valence-corrected chi connectivity index (χ4v) is 2.47. The third kappa shape index (κ3) is 1.72. The summed E-state index contributed by atoms with van der Waals surface area (Å²) in [5, 5.41) is 9.38. The van der Waals surface area contributed by atoms with Crippen molar-refractivity contribution in [1.82, 2.24) is 0 Å². The van der Waals surface area contributed by atoms with Crippen LogP contribution in [0.5, 0.6) is 11.5 Å². The lowest BCUT2D eigenvalue weighted by Crippen LogP contribution is -2.21. The lowest BCUT2D eigenvalue weighted by atomic mass is 9.92. The molecule has 1 saturated carbocycles. The smallest absolute Gasteiger partial charge is 0.314 e. The first-order valence-corrected chi connectivity index (χ1v) is 6.08. The molecule has 0 unspecified atom stereocenters. The average Bonchev–Trinajstić information content (AvgIpc) is 3.18. The summed E-state index contributed by atoms with van der Waals surface area (Å²) in [6.45, 7) is 2.00. The van der Waals surface area contributed by atoms with Gasteiger partial charge in [0.2, 0.25) is 0 Å². The highest BCUT2D eigenvalue weighted by Crippen LogP contribution is 2.53.